The standard InChI is InChI=1S/C29H28NO.C28H26NO.2C26H24NO.C24H20NO/c1-19-12-14-25-24-15-13-21-10-6-7-11-23(21)28(24)31-29(25)27(19)26-18-22(16-17-30(26)2)20-8-4-3-5-9-20;1-18-11-13-24-23-14-12-20-9-5-6-10-22(20)27(23)30-28(24)26(18)25-17-21(15-16-29(25)2)19-7-3-4-8-19;2*1-16(2)19-13-14-27(4)23(15-19)24-17(3)9-11-22-21-12-10-18-7-5-6-8-20(18)25(21)28-26(22)24;1-15-8-13-21(25(3)14-15)22-16(2)9-11-20-19-12-10-17-6-4-5-7-18(17)23(19)26-24(20)22/h6-7,10-18,20H,3-5,8-9H2,1-2H3;5-6,9-17,19H,3-4,7-8H2,1-2H3;2*5-16H,1-4H3;4-14H,1-3H3/q5*+1/i20D;19D;1D3,16D;16D;1D3. The van der Waals surface area contributed by atoms with Gasteiger partial charge in [-0.05, 0) is 204 Å². The molecule has 2 aliphatic rings. The van der Waals surface area contributed by atoms with E-state index in [2.05, 4.69) is 317 Å². The third-order valence-corrected chi connectivity index (χ3v) is 30.2. The molecular formula is C133H122N5O5+5. The maximum Gasteiger partial charge on any atom is 0.216 e. The van der Waals surface area contributed by atoms with Gasteiger partial charge < -0.3 is 22.1 Å². The average Bonchev–Trinajstić information content (AvgIpc) is 1.58. The maximum absolute atomic E-state index is 9.15. The summed E-state index contributed by atoms with van der Waals surface area (Å²) in [7, 11) is 10.0. The molecule has 0 amide bonds. The van der Waals surface area contributed by atoms with Gasteiger partial charge in [-0.25, -0.2) is 22.8 Å². The van der Waals surface area contributed by atoms with E-state index in [1.54, 1.807) is 18.3 Å². The minimum Gasteiger partial charge on any atom is -0.454 e. The molecule has 10 aromatic heterocycles. The van der Waals surface area contributed by atoms with Crippen molar-refractivity contribution in [3.05, 3.63) is 390 Å². The summed E-state index contributed by atoms with van der Waals surface area (Å²) in [6.07, 6.45) is 19.4. The molecule has 25 aromatic rings. The number of hydrogen-bond donors (Lipinski definition) is 0. The van der Waals surface area contributed by atoms with E-state index in [1.807, 2.05) is 106 Å². The van der Waals surface area contributed by atoms with Crippen molar-refractivity contribution < 1.29 is 58.6 Å². The molecule has 0 spiro atoms. The summed E-state index contributed by atoms with van der Waals surface area (Å²) >= 11 is 0. The van der Waals surface area contributed by atoms with Crippen molar-refractivity contribution in [2.45, 2.75) is 150 Å². The molecule has 0 aliphatic heterocycles. The first-order chi connectivity index (χ1) is 73.4. The molecule has 1 unspecified atom stereocenters. The smallest absolute Gasteiger partial charge is 0.216 e. The highest BCUT2D eigenvalue weighted by Crippen LogP contribution is 2.49. The second kappa shape index (κ2) is 37.4. The van der Waals surface area contributed by atoms with Gasteiger partial charge in [-0.15, -0.1) is 0 Å². The van der Waals surface area contributed by atoms with Crippen molar-refractivity contribution in [3.8, 4) is 56.3 Å². The Kier molecular flexibility index (Phi) is 20.9. The highest BCUT2D eigenvalue weighted by Gasteiger charge is 2.32. The quantitative estimate of drug-likeness (QED) is 0.134. The predicted octanol–water partition coefficient (Wildman–Crippen LogP) is 34.0. The van der Waals surface area contributed by atoms with Crippen LogP contribution in [0.5, 0.6) is 0 Å². The normalized spacial score (nSPS) is 15.4. The van der Waals surface area contributed by atoms with Crippen molar-refractivity contribution in [2.24, 2.45) is 35.2 Å². The van der Waals surface area contributed by atoms with Gasteiger partial charge >= 0.3 is 0 Å². The molecule has 27 rings (SSSR count). The number of fused-ring (bicyclic) bond motifs is 25. The van der Waals surface area contributed by atoms with Crippen LogP contribution in [0.1, 0.15) is 178 Å². The van der Waals surface area contributed by atoms with E-state index in [0.717, 1.165) is 288 Å². The molecule has 0 bridgehead atoms. The van der Waals surface area contributed by atoms with Crippen LogP contribution >= 0.6 is 0 Å². The molecule has 15 aromatic carbocycles. The highest BCUT2D eigenvalue weighted by molar-refractivity contribution is 6.22. The van der Waals surface area contributed by atoms with Crippen LogP contribution in [0.2, 0.25) is 0 Å². The van der Waals surface area contributed by atoms with Gasteiger partial charge in [0.15, 0.2) is 31.0 Å². The predicted molar refractivity (Wildman–Crippen MR) is 593 cm³/mol. The van der Waals surface area contributed by atoms with Gasteiger partial charge in [0.05, 0.1) is 27.8 Å². The summed E-state index contributed by atoms with van der Waals surface area (Å²) in [6.45, 7) is 11.2. The number of furan rings is 5. The van der Waals surface area contributed by atoms with Gasteiger partial charge in [-0.2, -0.15) is 0 Å². The van der Waals surface area contributed by atoms with Gasteiger partial charge in [0, 0.05) is 155 Å². The molecule has 0 radical (unpaired) electrons. The third-order valence-electron chi connectivity index (χ3n) is 30.2. The van der Waals surface area contributed by atoms with Crippen molar-refractivity contribution in [1.29, 1.82) is 0 Å². The van der Waals surface area contributed by atoms with E-state index in [0.29, 0.717) is 11.1 Å². The number of pyridine rings is 5. The molecule has 704 valence electrons. The van der Waals surface area contributed by atoms with Crippen LogP contribution in [-0.2, 0) is 35.2 Å². The Morgan fingerprint density at radius 2 is 0.517 bits per heavy atom. The second-order valence-electron chi connectivity index (χ2n) is 39.7. The summed E-state index contributed by atoms with van der Waals surface area (Å²) < 4.78 is 125. The monoisotopic (exact) mass is 1880 g/mol. The number of aromatic nitrogens is 5. The zero-order valence-electron chi connectivity index (χ0n) is 93.4. The fourth-order valence-electron chi connectivity index (χ4n) is 22.4. The van der Waals surface area contributed by atoms with Crippen LogP contribution in [-0.4, -0.2) is 0 Å². The Morgan fingerprint density at radius 3 is 0.804 bits per heavy atom. The molecule has 143 heavy (non-hydrogen) atoms. The van der Waals surface area contributed by atoms with Crippen LogP contribution in [0.25, 0.3) is 220 Å². The lowest BCUT2D eigenvalue weighted by Gasteiger charge is -2.21. The highest BCUT2D eigenvalue weighted by atomic mass is 16.3. The van der Waals surface area contributed by atoms with Crippen LogP contribution < -0.4 is 22.8 Å². The second-order valence-corrected chi connectivity index (χ2v) is 39.7. The van der Waals surface area contributed by atoms with Crippen molar-refractivity contribution >= 4 is 164 Å². The molecule has 1 atom stereocenters. The molecule has 10 heterocycles. The molecule has 0 N–H and O–H groups in total. The number of hydrogen-bond acceptors (Lipinski definition) is 5. The summed E-state index contributed by atoms with van der Waals surface area (Å²) in [4.78, 5) is 0. The lowest BCUT2D eigenvalue weighted by atomic mass is 9.84. The summed E-state index contributed by atoms with van der Waals surface area (Å²) in [6, 6.07) is 104. The van der Waals surface area contributed by atoms with Gasteiger partial charge in [0.1, 0.15) is 91.1 Å². The number of nitrogens with zero attached hydrogens (tertiary/aromatic N) is 5. The van der Waals surface area contributed by atoms with Gasteiger partial charge in [-0.1, -0.05) is 272 Å². The first-order valence-corrected chi connectivity index (χ1v) is 50.1. The SMILES string of the molecule is [2H]C(C)(C)c1cc[n+](C)c(-c2c(C)ccc3c2oc2c4ccccc4ccc32)c1.[2H]C([2H])([2H])C([2H])(C)c1cc[n+](C)c(-c2c(C)ccc3c2oc2c4ccccc4ccc32)c1.[2H]C([2H])([2H])c1ccc(-c2c(C)ccc3c2oc2c4ccccc4ccc32)[n+](C)c1.[2H]C1(c2cc[n+](C)c(-c3c(C)ccc4c3oc3c5ccccc5ccc43)c2)CCCC1.[2H]C1(c2cc[n+](C)c(-c3c(C)ccc4c3oc3c5ccccc5ccc43)c2)CCCCC1. The maximum atomic E-state index is 9.15. The molecule has 2 aliphatic carbocycles. The molecular weight excluding hydrogens is 1750 g/mol. The average molecular weight is 1880 g/mol. The first-order valence-electron chi connectivity index (χ1n) is 55.1. The van der Waals surface area contributed by atoms with E-state index in [-0.39, 0.29) is 0 Å². The molecule has 10 nitrogen and oxygen atoms in total. The van der Waals surface area contributed by atoms with E-state index in [4.69, 9.17) is 35.8 Å². The van der Waals surface area contributed by atoms with Gasteiger partial charge in [-0.3, -0.25) is 0 Å². The first kappa shape index (κ1) is 80.1. The van der Waals surface area contributed by atoms with Crippen molar-refractivity contribution in [1.82, 2.24) is 0 Å². The van der Waals surface area contributed by atoms with Gasteiger partial charge in [0.2, 0.25) is 28.5 Å². The van der Waals surface area contributed by atoms with E-state index < -0.39 is 37.3 Å². The van der Waals surface area contributed by atoms with Crippen LogP contribution in [0.15, 0.2) is 356 Å². The van der Waals surface area contributed by atoms with Crippen LogP contribution in [0, 0.1) is 41.5 Å². The Balaban J connectivity index is 0.000000104. The molecule has 2 fully saturated rings. The van der Waals surface area contributed by atoms with Gasteiger partial charge in [0.25, 0.3) is 0 Å². The van der Waals surface area contributed by atoms with Crippen LogP contribution in [0.4, 0.5) is 0 Å². The molecule has 10 heteroatoms. The topological polar surface area (TPSA) is 85.1 Å². The summed E-state index contributed by atoms with van der Waals surface area (Å²) in [5, 5.41) is 22.5. The molecule has 0 saturated heterocycles. The van der Waals surface area contributed by atoms with Crippen molar-refractivity contribution in [2.75, 3.05) is 0 Å². The molecule has 2 saturated carbocycles. The van der Waals surface area contributed by atoms with E-state index in [1.165, 1.54) is 40.6 Å². The minimum absolute atomic E-state index is 0.323. The lowest BCUT2D eigenvalue weighted by molar-refractivity contribution is -0.660. The summed E-state index contributed by atoms with van der Waals surface area (Å²) in [5.41, 5.74) is 28.9. The Bertz CT molecular complexity index is 9910. The zero-order chi connectivity index (χ0) is 107. The zero-order valence-corrected chi connectivity index (χ0v) is 83.4. The number of aryl methyl sites for hydroxylation is 11. The van der Waals surface area contributed by atoms with E-state index in [9.17, 15) is 0 Å². The number of benzene rings is 15. The Morgan fingerprint density at radius 1 is 0.259 bits per heavy atom. The van der Waals surface area contributed by atoms with Crippen molar-refractivity contribution in [3.63, 3.8) is 0 Å². The Labute approximate surface area is 849 Å². The lowest BCUT2D eigenvalue weighted by Crippen LogP contribution is -2.31. The largest absolute Gasteiger partial charge is 0.454 e. The minimum atomic E-state index is -2.44. The van der Waals surface area contributed by atoms with Crippen LogP contribution in [0.3, 0.4) is 0 Å². The fraction of sp³-hybridized carbons (Fsp3) is 0.211. The van der Waals surface area contributed by atoms with E-state index >= 15 is 0 Å². The summed E-state index contributed by atoms with van der Waals surface area (Å²) in [5.74, 6) is -3.32. The number of rotatable bonds is 9. The fourth-order valence-corrected chi connectivity index (χ4v) is 22.4. The third kappa shape index (κ3) is 16.4. The Hall–Kier alpha value is -15.7.